The van der Waals surface area contributed by atoms with Crippen molar-refractivity contribution >= 4 is 35.1 Å². The number of rotatable bonds is 7. The molecule has 0 radical (unpaired) electrons. The molecule has 0 unspecified atom stereocenters. The molecule has 140 valence electrons. The van der Waals surface area contributed by atoms with Crippen molar-refractivity contribution in [2.24, 2.45) is 0 Å². The van der Waals surface area contributed by atoms with Gasteiger partial charge in [-0.25, -0.2) is 4.98 Å². The monoisotopic (exact) mass is 401 g/mol. The van der Waals surface area contributed by atoms with E-state index in [9.17, 15) is 5.26 Å². The molecule has 0 saturated heterocycles. The third-order valence-corrected chi connectivity index (χ3v) is 4.88. The van der Waals surface area contributed by atoms with E-state index < -0.39 is 0 Å². The van der Waals surface area contributed by atoms with E-state index in [1.807, 2.05) is 32.5 Å². The minimum Gasteiger partial charge on any atom is -0.353 e. The van der Waals surface area contributed by atoms with Crippen LogP contribution in [0.2, 0.25) is 5.02 Å². The molecule has 0 spiro atoms. The molecule has 0 fully saturated rings. The van der Waals surface area contributed by atoms with Gasteiger partial charge in [-0.3, -0.25) is 0 Å². The van der Waals surface area contributed by atoms with E-state index in [2.05, 4.69) is 31.4 Å². The number of anilines is 1. The lowest BCUT2D eigenvalue weighted by Crippen LogP contribution is -2.16. The first-order valence-corrected chi connectivity index (χ1v) is 10.0. The van der Waals surface area contributed by atoms with Gasteiger partial charge >= 0.3 is 0 Å². The number of hydrogen-bond acceptors (Lipinski definition) is 7. The first kappa shape index (κ1) is 19.4. The molecule has 3 rings (SSSR count). The molecule has 0 amide bonds. The summed E-state index contributed by atoms with van der Waals surface area (Å²) in [5, 5.41) is 18.8. The van der Waals surface area contributed by atoms with Crippen LogP contribution >= 0.6 is 23.4 Å². The first-order valence-electron chi connectivity index (χ1n) is 8.43. The minimum absolute atomic E-state index is 0.457. The van der Waals surface area contributed by atoms with Crippen LogP contribution in [0.1, 0.15) is 12.0 Å². The van der Waals surface area contributed by atoms with Gasteiger partial charge in [0, 0.05) is 17.1 Å². The van der Waals surface area contributed by atoms with Crippen molar-refractivity contribution in [3.63, 3.8) is 0 Å². The minimum atomic E-state index is 0.457. The molecule has 0 bridgehead atoms. The van der Waals surface area contributed by atoms with Crippen LogP contribution < -0.4 is 5.32 Å². The van der Waals surface area contributed by atoms with E-state index in [-0.39, 0.29) is 0 Å². The van der Waals surface area contributed by atoms with Gasteiger partial charge in [0.2, 0.25) is 5.95 Å². The average Bonchev–Trinajstić information content (AvgIpc) is 3.06. The molecule has 2 heterocycles. The standard InChI is InChI=1S/C18H20ClN7S/c1-25(2)10-4-9-21-17-23-18-22-16(27-3)14(11-20)15(26(18)24-17)12-5-7-13(19)8-6-12/h5-8H,4,9-10H2,1-3H3,(H,21,24). The number of fused-ring (bicyclic) bond motifs is 1. The van der Waals surface area contributed by atoms with Crippen LogP contribution in [-0.2, 0) is 0 Å². The lowest BCUT2D eigenvalue weighted by Gasteiger charge is -2.09. The molecule has 1 N–H and O–H groups in total. The van der Waals surface area contributed by atoms with E-state index in [0.29, 0.717) is 33.0 Å². The Bertz CT molecular complexity index is 976. The molecule has 2 aromatic heterocycles. The Morgan fingerprint density at radius 1 is 1.26 bits per heavy atom. The number of nitriles is 1. The van der Waals surface area contributed by atoms with Crippen molar-refractivity contribution in [1.82, 2.24) is 24.5 Å². The van der Waals surface area contributed by atoms with E-state index in [0.717, 1.165) is 25.1 Å². The van der Waals surface area contributed by atoms with Crippen LogP contribution in [0.15, 0.2) is 29.3 Å². The molecule has 1 aromatic carbocycles. The summed E-state index contributed by atoms with van der Waals surface area (Å²) in [6.45, 7) is 1.73. The molecule has 0 saturated carbocycles. The van der Waals surface area contributed by atoms with Crippen molar-refractivity contribution in [1.29, 1.82) is 5.26 Å². The molecular weight excluding hydrogens is 382 g/mol. The van der Waals surface area contributed by atoms with Crippen LogP contribution in [0.5, 0.6) is 0 Å². The van der Waals surface area contributed by atoms with Crippen molar-refractivity contribution in [2.45, 2.75) is 11.4 Å². The summed E-state index contributed by atoms with van der Waals surface area (Å²) in [7, 11) is 4.08. The number of nitrogens with zero attached hydrogens (tertiary/aromatic N) is 6. The third kappa shape index (κ3) is 4.33. The normalized spacial score (nSPS) is 11.1. The zero-order chi connectivity index (χ0) is 19.4. The molecule has 27 heavy (non-hydrogen) atoms. The quantitative estimate of drug-likeness (QED) is 0.369. The summed E-state index contributed by atoms with van der Waals surface area (Å²) in [5.74, 6) is 0.956. The summed E-state index contributed by atoms with van der Waals surface area (Å²) in [4.78, 5) is 11.1. The highest BCUT2D eigenvalue weighted by Gasteiger charge is 2.19. The topological polar surface area (TPSA) is 82.1 Å². The Hall–Kier alpha value is -2.34. The highest BCUT2D eigenvalue weighted by molar-refractivity contribution is 7.98. The number of halogens is 1. The van der Waals surface area contributed by atoms with Crippen LogP contribution in [0.3, 0.4) is 0 Å². The second-order valence-corrected chi connectivity index (χ2v) is 7.43. The van der Waals surface area contributed by atoms with Gasteiger partial charge in [0.25, 0.3) is 5.78 Å². The Labute approximate surface area is 167 Å². The molecule has 9 heteroatoms. The highest BCUT2D eigenvalue weighted by Crippen LogP contribution is 2.30. The fourth-order valence-corrected chi connectivity index (χ4v) is 3.32. The average molecular weight is 402 g/mol. The van der Waals surface area contributed by atoms with Gasteiger partial charge in [-0.2, -0.15) is 14.8 Å². The lowest BCUT2D eigenvalue weighted by molar-refractivity contribution is 0.405. The predicted octanol–water partition coefficient (Wildman–Crippen LogP) is 3.40. The Morgan fingerprint density at radius 2 is 2.00 bits per heavy atom. The zero-order valence-corrected chi connectivity index (χ0v) is 17.0. The van der Waals surface area contributed by atoms with E-state index >= 15 is 0 Å². The first-order chi connectivity index (χ1) is 13.0. The van der Waals surface area contributed by atoms with Gasteiger partial charge in [0.1, 0.15) is 16.7 Å². The third-order valence-electron chi connectivity index (χ3n) is 3.94. The van der Waals surface area contributed by atoms with Crippen molar-refractivity contribution in [2.75, 3.05) is 38.8 Å². The smallest absolute Gasteiger partial charge is 0.255 e. The molecule has 7 nitrogen and oxygen atoms in total. The predicted molar refractivity (Wildman–Crippen MR) is 109 cm³/mol. The van der Waals surface area contributed by atoms with Gasteiger partial charge in [-0.1, -0.05) is 23.7 Å². The number of aromatic nitrogens is 4. The molecule has 3 aromatic rings. The number of nitrogens with one attached hydrogen (secondary N) is 1. The molecule has 0 aliphatic heterocycles. The molecule has 0 aliphatic rings. The molecule has 0 atom stereocenters. The van der Waals surface area contributed by atoms with E-state index in [1.165, 1.54) is 11.8 Å². The van der Waals surface area contributed by atoms with E-state index in [1.54, 1.807) is 16.6 Å². The fourth-order valence-electron chi connectivity index (χ4n) is 2.67. The SMILES string of the molecule is CSc1nc2nc(NCCCN(C)C)nn2c(-c2ccc(Cl)cc2)c1C#N. The maximum Gasteiger partial charge on any atom is 0.255 e. The van der Waals surface area contributed by atoms with Crippen molar-refractivity contribution in [3.8, 4) is 17.3 Å². The molecule has 0 aliphatic carbocycles. The summed E-state index contributed by atoms with van der Waals surface area (Å²) >= 11 is 7.43. The summed E-state index contributed by atoms with van der Waals surface area (Å²) in [6.07, 6.45) is 2.86. The van der Waals surface area contributed by atoms with Crippen LogP contribution in [0.25, 0.3) is 17.0 Å². The van der Waals surface area contributed by atoms with Gasteiger partial charge in [-0.05, 0) is 45.4 Å². The number of thioether (sulfide) groups is 1. The van der Waals surface area contributed by atoms with Crippen molar-refractivity contribution < 1.29 is 0 Å². The Balaban J connectivity index is 2.05. The summed E-state index contributed by atoms with van der Waals surface area (Å²) < 4.78 is 1.62. The second kappa shape index (κ2) is 8.57. The fraction of sp³-hybridized carbons (Fsp3) is 0.333. The zero-order valence-electron chi connectivity index (χ0n) is 15.4. The van der Waals surface area contributed by atoms with Crippen LogP contribution in [0, 0.1) is 11.3 Å². The van der Waals surface area contributed by atoms with Crippen molar-refractivity contribution in [3.05, 3.63) is 34.9 Å². The van der Waals surface area contributed by atoms with E-state index in [4.69, 9.17) is 11.6 Å². The second-order valence-electron chi connectivity index (χ2n) is 6.19. The Morgan fingerprint density at radius 3 is 2.63 bits per heavy atom. The maximum absolute atomic E-state index is 9.73. The van der Waals surface area contributed by atoms with Gasteiger partial charge in [0.15, 0.2) is 0 Å². The van der Waals surface area contributed by atoms with Gasteiger partial charge < -0.3 is 10.2 Å². The maximum atomic E-state index is 9.73. The number of benzene rings is 1. The summed E-state index contributed by atoms with van der Waals surface area (Å²) in [6, 6.07) is 9.59. The lowest BCUT2D eigenvalue weighted by atomic mass is 10.1. The highest BCUT2D eigenvalue weighted by atomic mass is 35.5. The van der Waals surface area contributed by atoms with Crippen LogP contribution in [-0.4, -0.2) is 57.9 Å². The van der Waals surface area contributed by atoms with Crippen LogP contribution in [0.4, 0.5) is 5.95 Å². The summed E-state index contributed by atoms with van der Waals surface area (Å²) in [5.41, 5.74) is 1.97. The molecular formula is C18H20ClN7S. The Kier molecular flexibility index (Phi) is 6.16. The number of hydrogen-bond donors (Lipinski definition) is 1. The largest absolute Gasteiger partial charge is 0.353 e. The van der Waals surface area contributed by atoms with Gasteiger partial charge in [0.05, 0.1) is 5.69 Å². The van der Waals surface area contributed by atoms with Gasteiger partial charge in [-0.15, -0.1) is 16.9 Å².